The van der Waals surface area contributed by atoms with Crippen molar-refractivity contribution in [3.8, 4) is 5.75 Å². The van der Waals surface area contributed by atoms with Gasteiger partial charge >= 0.3 is 0 Å². The van der Waals surface area contributed by atoms with E-state index in [-0.39, 0.29) is 0 Å². The maximum Gasteiger partial charge on any atom is 0.161 e. The fourth-order valence-electron chi connectivity index (χ4n) is 4.87. The molecule has 3 aromatic rings. The van der Waals surface area contributed by atoms with Crippen molar-refractivity contribution in [3.05, 3.63) is 107 Å². The summed E-state index contributed by atoms with van der Waals surface area (Å²) in [4.78, 5) is 7.37. The van der Waals surface area contributed by atoms with Crippen molar-refractivity contribution < 1.29 is 4.74 Å². The number of fused-ring (bicyclic) bond motifs is 2. The van der Waals surface area contributed by atoms with E-state index in [0.29, 0.717) is 6.73 Å². The van der Waals surface area contributed by atoms with E-state index >= 15 is 0 Å². The standard InChI is InChI=1S/C29H28N2OS/c1-3-7-25(8-4-1)30-16-15-22-11-12-27(17-23(22)19-30)33-28-13-14-29-24(18-28)20-31(21-32-29)26-9-5-2-6-10-26/h1,3-5,7-14,17-18H,2,6,15-16,19-21H2. The van der Waals surface area contributed by atoms with E-state index in [1.165, 1.54) is 37.9 Å². The number of hydrogen-bond acceptors (Lipinski definition) is 4. The second kappa shape index (κ2) is 9.03. The van der Waals surface area contributed by atoms with Gasteiger partial charge < -0.3 is 14.5 Å². The van der Waals surface area contributed by atoms with Crippen molar-refractivity contribution in [2.75, 3.05) is 18.2 Å². The predicted molar refractivity (Wildman–Crippen MR) is 136 cm³/mol. The molecule has 0 unspecified atom stereocenters. The number of hydrogen-bond donors (Lipinski definition) is 0. The smallest absolute Gasteiger partial charge is 0.161 e. The van der Waals surface area contributed by atoms with Crippen LogP contribution < -0.4 is 9.64 Å². The molecule has 2 aliphatic heterocycles. The van der Waals surface area contributed by atoms with Gasteiger partial charge in [-0.25, -0.2) is 0 Å². The van der Waals surface area contributed by atoms with E-state index in [9.17, 15) is 0 Å². The Kier molecular flexibility index (Phi) is 5.61. The Morgan fingerprint density at radius 2 is 1.58 bits per heavy atom. The van der Waals surface area contributed by atoms with Crippen LogP contribution in [0.3, 0.4) is 0 Å². The van der Waals surface area contributed by atoms with E-state index < -0.39 is 0 Å². The molecule has 3 nitrogen and oxygen atoms in total. The average Bonchev–Trinajstić information content (AvgIpc) is 2.89. The van der Waals surface area contributed by atoms with Gasteiger partial charge in [0.05, 0.1) is 0 Å². The SMILES string of the molecule is C1=CC(N2COc3ccc(Sc4ccc5c(c4)CN(c4ccccc4)CC5)cc3C2)=CCC1. The van der Waals surface area contributed by atoms with Crippen LogP contribution in [0, 0.1) is 0 Å². The molecule has 0 saturated carbocycles. The van der Waals surface area contributed by atoms with E-state index in [0.717, 1.165) is 44.6 Å². The Bertz CT molecular complexity index is 1220. The van der Waals surface area contributed by atoms with Crippen LogP contribution in [0.25, 0.3) is 0 Å². The molecule has 0 amide bonds. The van der Waals surface area contributed by atoms with Crippen molar-refractivity contribution in [1.82, 2.24) is 4.90 Å². The molecule has 0 aromatic heterocycles. The van der Waals surface area contributed by atoms with Crippen molar-refractivity contribution in [2.45, 2.75) is 42.1 Å². The summed E-state index contributed by atoms with van der Waals surface area (Å²) in [5.41, 5.74) is 6.78. The molecule has 0 spiro atoms. The molecule has 3 aliphatic rings. The summed E-state index contributed by atoms with van der Waals surface area (Å²) >= 11 is 1.85. The summed E-state index contributed by atoms with van der Waals surface area (Å²) < 4.78 is 6.06. The lowest BCUT2D eigenvalue weighted by Crippen LogP contribution is -2.31. The van der Waals surface area contributed by atoms with Crippen LogP contribution in [0.15, 0.2) is 100 Å². The number of benzene rings is 3. The number of rotatable bonds is 4. The highest BCUT2D eigenvalue weighted by atomic mass is 32.2. The first-order chi connectivity index (χ1) is 16.3. The van der Waals surface area contributed by atoms with Gasteiger partial charge in [-0.2, -0.15) is 0 Å². The van der Waals surface area contributed by atoms with Gasteiger partial charge in [0.15, 0.2) is 6.73 Å². The Morgan fingerprint density at radius 3 is 2.42 bits per heavy atom. The summed E-state index contributed by atoms with van der Waals surface area (Å²) in [6.07, 6.45) is 10.2. The van der Waals surface area contributed by atoms with Crippen molar-refractivity contribution in [3.63, 3.8) is 0 Å². The molecule has 0 saturated heterocycles. The van der Waals surface area contributed by atoms with Crippen LogP contribution in [0.2, 0.25) is 0 Å². The summed E-state index contributed by atoms with van der Waals surface area (Å²) in [6.45, 7) is 3.58. The normalized spacial score (nSPS) is 17.2. The largest absolute Gasteiger partial charge is 0.473 e. The molecule has 0 bridgehead atoms. The van der Waals surface area contributed by atoms with Crippen LogP contribution in [0.5, 0.6) is 5.75 Å². The lowest BCUT2D eigenvalue weighted by Gasteiger charge is -2.32. The molecule has 3 aromatic carbocycles. The quantitative estimate of drug-likeness (QED) is 0.433. The van der Waals surface area contributed by atoms with Gasteiger partial charge in [-0.1, -0.05) is 48.2 Å². The molecule has 33 heavy (non-hydrogen) atoms. The Morgan fingerprint density at radius 1 is 0.758 bits per heavy atom. The Hall–Kier alpha value is -3.11. The number of nitrogens with zero attached hydrogens (tertiary/aromatic N) is 2. The molecule has 0 fully saturated rings. The monoisotopic (exact) mass is 452 g/mol. The molecule has 4 heteroatoms. The zero-order valence-electron chi connectivity index (χ0n) is 18.7. The van der Waals surface area contributed by atoms with Crippen LogP contribution >= 0.6 is 11.8 Å². The lowest BCUT2D eigenvalue weighted by atomic mass is 9.99. The third-order valence-electron chi connectivity index (χ3n) is 6.66. The summed E-state index contributed by atoms with van der Waals surface area (Å²) in [7, 11) is 0. The van der Waals surface area contributed by atoms with Gasteiger partial charge in [-0.15, -0.1) is 0 Å². The van der Waals surface area contributed by atoms with Gasteiger partial charge in [0.2, 0.25) is 0 Å². The summed E-state index contributed by atoms with van der Waals surface area (Å²) in [6, 6.07) is 24.4. The van der Waals surface area contributed by atoms with Gasteiger partial charge in [-0.3, -0.25) is 0 Å². The minimum Gasteiger partial charge on any atom is -0.473 e. The highest BCUT2D eigenvalue weighted by Crippen LogP contribution is 2.36. The first-order valence-corrected chi connectivity index (χ1v) is 12.6. The van der Waals surface area contributed by atoms with Crippen molar-refractivity contribution in [2.24, 2.45) is 0 Å². The maximum atomic E-state index is 6.06. The Balaban J connectivity index is 1.19. The second-order valence-electron chi connectivity index (χ2n) is 8.89. The van der Waals surface area contributed by atoms with Gasteiger partial charge in [0, 0.05) is 46.4 Å². The molecule has 0 radical (unpaired) electrons. The molecule has 2 heterocycles. The minimum absolute atomic E-state index is 0.623. The molecule has 0 N–H and O–H groups in total. The maximum absolute atomic E-state index is 6.06. The van der Waals surface area contributed by atoms with Crippen LogP contribution in [-0.4, -0.2) is 18.2 Å². The number of allylic oxidation sites excluding steroid dienone is 3. The van der Waals surface area contributed by atoms with Crippen LogP contribution in [0.1, 0.15) is 29.5 Å². The molecular weight excluding hydrogens is 424 g/mol. The highest BCUT2D eigenvalue weighted by molar-refractivity contribution is 7.99. The van der Waals surface area contributed by atoms with Gasteiger partial charge in [0.1, 0.15) is 5.75 Å². The van der Waals surface area contributed by atoms with Crippen LogP contribution in [-0.2, 0) is 19.5 Å². The number of para-hydroxylation sites is 1. The zero-order chi connectivity index (χ0) is 22.0. The first kappa shape index (κ1) is 20.5. The number of ether oxygens (including phenoxy) is 1. The third kappa shape index (κ3) is 4.40. The van der Waals surface area contributed by atoms with E-state index in [4.69, 9.17) is 4.74 Å². The third-order valence-corrected chi connectivity index (χ3v) is 7.64. The Labute approximate surface area is 200 Å². The van der Waals surface area contributed by atoms with E-state index in [1.807, 2.05) is 11.8 Å². The highest BCUT2D eigenvalue weighted by Gasteiger charge is 2.20. The fourth-order valence-corrected chi connectivity index (χ4v) is 5.82. The van der Waals surface area contributed by atoms with Crippen molar-refractivity contribution in [1.29, 1.82) is 0 Å². The molecule has 1 aliphatic carbocycles. The zero-order valence-corrected chi connectivity index (χ0v) is 19.6. The van der Waals surface area contributed by atoms with Crippen LogP contribution in [0.4, 0.5) is 5.69 Å². The summed E-state index contributed by atoms with van der Waals surface area (Å²) in [5.74, 6) is 1.01. The first-order valence-electron chi connectivity index (χ1n) is 11.8. The molecular formula is C29H28N2OS. The number of anilines is 1. The lowest BCUT2D eigenvalue weighted by molar-refractivity contribution is 0.131. The average molecular weight is 453 g/mol. The minimum atomic E-state index is 0.623. The summed E-state index contributed by atoms with van der Waals surface area (Å²) in [5, 5.41) is 0. The topological polar surface area (TPSA) is 15.7 Å². The molecule has 0 atom stereocenters. The van der Waals surface area contributed by atoms with E-state index in [1.54, 1.807) is 0 Å². The molecule has 166 valence electrons. The van der Waals surface area contributed by atoms with Crippen molar-refractivity contribution >= 4 is 17.4 Å². The van der Waals surface area contributed by atoms with E-state index in [2.05, 4.69) is 94.8 Å². The predicted octanol–water partition coefficient (Wildman–Crippen LogP) is 6.79. The van der Waals surface area contributed by atoms with Gasteiger partial charge in [-0.05, 0) is 78.9 Å². The fraction of sp³-hybridized carbons (Fsp3) is 0.241. The van der Waals surface area contributed by atoms with Gasteiger partial charge in [0.25, 0.3) is 0 Å². The molecule has 6 rings (SSSR count). The second-order valence-corrected chi connectivity index (χ2v) is 10.0.